The van der Waals surface area contributed by atoms with Crippen LogP contribution in [0.4, 0.5) is 0 Å². The number of hydrogen-bond donors (Lipinski definition) is 0. The second-order valence-corrected chi connectivity index (χ2v) is 8.66. The van der Waals surface area contributed by atoms with Crippen molar-refractivity contribution >= 4 is 11.9 Å². The Bertz CT molecular complexity index is 870. The molecule has 1 unspecified atom stereocenters. The summed E-state index contributed by atoms with van der Waals surface area (Å²) in [6, 6.07) is 21.2. The smallest absolute Gasteiger partial charge is 0.311 e. The largest absolute Gasteiger partial charge is 0.469 e. The third-order valence-corrected chi connectivity index (χ3v) is 6.97. The lowest BCUT2D eigenvalue weighted by atomic mass is 9.77. The van der Waals surface area contributed by atoms with Crippen molar-refractivity contribution in [2.75, 3.05) is 33.4 Å². The van der Waals surface area contributed by atoms with Crippen LogP contribution in [-0.4, -0.2) is 60.7 Å². The number of carbonyl (C=O) groups excluding carboxylic acids is 2. The summed E-state index contributed by atoms with van der Waals surface area (Å²) in [5, 5.41) is 1.50. The quantitative estimate of drug-likeness (QED) is 0.621. The average Bonchev–Trinajstić information content (AvgIpc) is 3.10. The Morgan fingerprint density at radius 1 is 1.03 bits per heavy atom. The Morgan fingerprint density at radius 2 is 1.59 bits per heavy atom. The summed E-state index contributed by atoms with van der Waals surface area (Å²) in [7, 11) is 1.39. The summed E-state index contributed by atoms with van der Waals surface area (Å²) in [6.45, 7) is 4.73. The molecule has 0 aromatic heterocycles. The number of likely N-dealkylation sites (tertiary alicyclic amines) is 1. The number of esters is 1. The first kappa shape index (κ1) is 22.5. The molecule has 2 aromatic rings. The molecule has 0 saturated carbocycles. The van der Waals surface area contributed by atoms with Crippen molar-refractivity contribution in [2.24, 2.45) is 5.92 Å². The predicted octanol–water partition coefficient (Wildman–Crippen LogP) is 3.63. The number of piperidine rings is 1. The van der Waals surface area contributed by atoms with Crippen LogP contribution in [-0.2, 0) is 19.2 Å². The highest BCUT2D eigenvalue weighted by atomic mass is 16.7. The van der Waals surface area contributed by atoms with E-state index in [-0.39, 0.29) is 24.2 Å². The van der Waals surface area contributed by atoms with Crippen LogP contribution in [0.25, 0.3) is 0 Å². The summed E-state index contributed by atoms with van der Waals surface area (Å²) in [5.41, 5.74) is 1.96. The van der Waals surface area contributed by atoms with Gasteiger partial charge in [0.1, 0.15) is 0 Å². The number of hydrogen-bond acceptors (Lipinski definition) is 5. The number of hydroxylamine groups is 2. The van der Waals surface area contributed by atoms with Gasteiger partial charge in [-0.05, 0) is 30.9 Å². The maximum Gasteiger partial charge on any atom is 0.311 e. The van der Waals surface area contributed by atoms with Gasteiger partial charge in [0.25, 0.3) is 0 Å². The van der Waals surface area contributed by atoms with E-state index in [2.05, 4.69) is 53.4 Å². The first-order valence-electron chi connectivity index (χ1n) is 11.4. The summed E-state index contributed by atoms with van der Waals surface area (Å²) in [5.74, 6) is -0.661. The van der Waals surface area contributed by atoms with E-state index in [1.54, 1.807) is 0 Å². The summed E-state index contributed by atoms with van der Waals surface area (Å²) >= 11 is 0. The molecule has 32 heavy (non-hydrogen) atoms. The standard InChI is InChI=1S/C26H32N2O4/c1-3-32-28-24(29)18-23(25(30)31-2)26(28)14-16-27(17-15-26)19-22(20-10-6-4-7-11-20)21-12-8-5-9-13-21/h4-13,22-23H,3,14-19H2,1-2H3. The molecule has 2 aromatic carbocycles. The third-order valence-electron chi connectivity index (χ3n) is 6.97. The first-order valence-corrected chi connectivity index (χ1v) is 11.4. The molecule has 2 aliphatic heterocycles. The molecule has 0 N–H and O–H groups in total. The van der Waals surface area contributed by atoms with Crippen LogP contribution >= 0.6 is 0 Å². The number of carbonyl (C=O) groups is 2. The molecular formula is C26H32N2O4. The number of amides is 1. The summed E-state index contributed by atoms with van der Waals surface area (Å²) < 4.78 is 5.06. The predicted molar refractivity (Wildman–Crippen MR) is 122 cm³/mol. The number of benzene rings is 2. The number of rotatable bonds is 7. The summed E-state index contributed by atoms with van der Waals surface area (Å²) in [6.07, 6.45) is 1.53. The Balaban J connectivity index is 1.53. The van der Waals surface area contributed by atoms with Crippen LogP contribution in [0.3, 0.4) is 0 Å². The second kappa shape index (κ2) is 9.84. The molecule has 2 saturated heterocycles. The normalized spacial score (nSPS) is 20.8. The van der Waals surface area contributed by atoms with Crippen LogP contribution in [0.15, 0.2) is 60.7 Å². The molecule has 0 radical (unpaired) electrons. The number of nitrogens with zero attached hydrogens (tertiary/aromatic N) is 2. The maximum absolute atomic E-state index is 12.7. The van der Waals surface area contributed by atoms with Crippen molar-refractivity contribution in [1.29, 1.82) is 0 Å². The van der Waals surface area contributed by atoms with Gasteiger partial charge in [-0.3, -0.25) is 14.4 Å². The summed E-state index contributed by atoms with van der Waals surface area (Å²) in [4.78, 5) is 33.4. The van der Waals surface area contributed by atoms with Gasteiger partial charge in [-0.2, -0.15) is 0 Å². The van der Waals surface area contributed by atoms with Crippen molar-refractivity contribution in [3.8, 4) is 0 Å². The minimum Gasteiger partial charge on any atom is -0.469 e. The Kier molecular flexibility index (Phi) is 6.92. The molecule has 6 heteroatoms. The topological polar surface area (TPSA) is 59.1 Å². The van der Waals surface area contributed by atoms with Crippen LogP contribution in [0.2, 0.25) is 0 Å². The van der Waals surface area contributed by atoms with Crippen LogP contribution < -0.4 is 0 Å². The SMILES string of the molecule is CCON1C(=O)CC(C(=O)OC)C12CCN(CC(c1ccccc1)c1ccccc1)CC2. The van der Waals surface area contributed by atoms with Gasteiger partial charge in [-0.1, -0.05) is 60.7 Å². The third kappa shape index (κ3) is 4.30. The molecule has 0 aliphatic carbocycles. The molecule has 1 atom stereocenters. The van der Waals surface area contributed by atoms with Gasteiger partial charge < -0.3 is 9.64 Å². The molecule has 170 valence electrons. The molecule has 2 fully saturated rings. The van der Waals surface area contributed by atoms with E-state index in [4.69, 9.17) is 9.57 Å². The van der Waals surface area contributed by atoms with E-state index < -0.39 is 11.5 Å². The van der Waals surface area contributed by atoms with E-state index >= 15 is 0 Å². The maximum atomic E-state index is 12.7. The fourth-order valence-electron chi connectivity index (χ4n) is 5.32. The van der Waals surface area contributed by atoms with E-state index in [0.29, 0.717) is 19.4 Å². The lowest BCUT2D eigenvalue weighted by Crippen LogP contribution is -2.57. The molecule has 0 bridgehead atoms. The number of ether oxygens (including phenoxy) is 1. The van der Waals surface area contributed by atoms with E-state index in [9.17, 15) is 9.59 Å². The van der Waals surface area contributed by atoms with Crippen molar-refractivity contribution in [3.05, 3.63) is 71.8 Å². The number of methoxy groups -OCH3 is 1. The molecule has 1 amide bonds. The molecule has 2 aliphatic rings. The van der Waals surface area contributed by atoms with Gasteiger partial charge in [-0.15, -0.1) is 0 Å². The van der Waals surface area contributed by atoms with Crippen LogP contribution in [0.1, 0.15) is 43.2 Å². The van der Waals surface area contributed by atoms with Crippen LogP contribution in [0, 0.1) is 5.92 Å². The monoisotopic (exact) mass is 436 g/mol. The van der Waals surface area contributed by atoms with Gasteiger partial charge in [0.2, 0.25) is 5.91 Å². The second-order valence-electron chi connectivity index (χ2n) is 8.66. The Labute approximate surface area is 190 Å². The Hall–Kier alpha value is -2.70. The molecule has 6 nitrogen and oxygen atoms in total. The van der Waals surface area contributed by atoms with Crippen molar-refractivity contribution in [1.82, 2.24) is 9.96 Å². The van der Waals surface area contributed by atoms with Gasteiger partial charge in [0.15, 0.2) is 0 Å². The minimum atomic E-state index is -0.619. The lowest BCUT2D eigenvalue weighted by molar-refractivity contribution is -0.221. The van der Waals surface area contributed by atoms with Gasteiger partial charge in [0.05, 0.1) is 25.2 Å². The zero-order valence-corrected chi connectivity index (χ0v) is 18.9. The highest BCUT2D eigenvalue weighted by Crippen LogP contribution is 2.44. The van der Waals surface area contributed by atoms with Gasteiger partial charge >= 0.3 is 5.97 Å². The van der Waals surface area contributed by atoms with E-state index in [1.165, 1.54) is 23.3 Å². The van der Waals surface area contributed by atoms with Crippen molar-refractivity contribution < 1.29 is 19.2 Å². The van der Waals surface area contributed by atoms with Crippen LogP contribution in [0.5, 0.6) is 0 Å². The molecule has 2 heterocycles. The van der Waals surface area contributed by atoms with E-state index in [1.807, 2.05) is 19.1 Å². The minimum absolute atomic E-state index is 0.123. The van der Waals surface area contributed by atoms with Crippen molar-refractivity contribution in [3.63, 3.8) is 0 Å². The van der Waals surface area contributed by atoms with E-state index in [0.717, 1.165) is 19.6 Å². The molecule has 4 rings (SSSR count). The Morgan fingerprint density at radius 3 is 2.09 bits per heavy atom. The molecule has 1 spiro atoms. The first-order chi connectivity index (χ1) is 15.6. The zero-order valence-electron chi connectivity index (χ0n) is 18.9. The highest BCUT2D eigenvalue weighted by molar-refractivity contribution is 5.88. The fourth-order valence-corrected chi connectivity index (χ4v) is 5.32. The highest BCUT2D eigenvalue weighted by Gasteiger charge is 2.58. The molecular weight excluding hydrogens is 404 g/mol. The zero-order chi connectivity index (χ0) is 22.6. The lowest BCUT2D eigenvalue weighted by Gasteiger charge is -2.46. The van der Waals surface area contributed by atoms with Gasteiger partial charge in [0, 0.05) is 32.0 Å². The fraction of sp³-hybridized carbons (Fsp3) is 0.462. The average molecular weight is 437 g/mol. The van der Waals surface area contributed by atoms with Gasteiger partial charge in [-0.25, -0.2) is 5.06 Å². The van der Waals surface area contributed by atoms with Crippen molar-refractivity contribution in [2.45, 2.75) is 37.6 Å².